The molecule has 2 N–H and O–H groups in total. The van der Waals surface area contributed by atoms with Crippen LogP contribution in [0.1, 0.15) is 37.3 Å². The minimum absolute atomic E-state index is 0.00349. The maximum absolute atomic E-state index is 14.7. The Labute approximate surface area is 205 Å². The standard InChI is InChI=1S/C24H27F4N7O/c1-5-21(36)32-18-8-19-20(7-17(18)13(2)3)34(4)23(33-19)35-11-15(25)6-16(12-35)31-22-29-9-14(10-30-22)24(26,27)28/h5,7-10,13,15-16H,1,6,11-12H2,2-4H3,(H,32,36)(H,29,30,31)/t15-,16-/m1/s1. The first kappa shape index (κ1) is 25.4. The molecule has 4 rings (SSSR count). The predicted octanol–water partition coefficient (Wildman–Crippen LogP) is 4.66. The highest BCUT2D eigenvalue weighted by atomic mass is 19.4. The fourth-order valence-corrected chi connectivity index (χ4v) is 4.33. The molecule has 0 bridgehead atoms. The van der Waals surface area contributed by atoms with Gasteiger partial charge in [0.25, 0.3) is 0 Å². The van der Waals surface area contributed by atoms with Gasteiger partial charge in [0.2, 0.25) is 17.8 Å². The number of carbonyl (C=O) groups is 1. The number of piperidine rings is 1. The Kier molecular flexibility index (Phi) is 6.87. The molecule has 8 nitrogen and oxygen atoms in total. The van der Waals surface area contributed by atoms with Crippen LogP contribution in [0.4, 0.5) is 35.1 Å². The van der Waals surface area contributed by atoms with Gasteiger partial charge in [0, 0.05) is 44.1 Å². The zero-order chi connectivity index (χ0) is 26.2. The first-order chi connectivity index (χ1) is 17.0. The largest absolute Gasteiger partial charge is 0.419 e. The van der Waals surface area contributed by atoms with Crippen molar-refractivity contribution < 1.29 is 22.4 Å². The number of hydrogen-bond donors (Lipinski definition) is 2. The Morgan fingerprint density at radius 2 is 1.92 bits per heavy atom. The molecule has 2 atom stereocenters. The van der Waals surface area contributed by atoms with Gasteiger partial charge in [-0.15, -0.1) is 0 Å². The third-order valence-electron chi connectivity index (χ3n) is 6.09. The monoisotopic (exact) mass is 505 g/mol. The molecule has 12 heteroatoms. The SMILES string of the molecule is C=CC(=O)Nc1cc2nc(N3C[C@H](F)C[C@@H](Nc4ncc(C(F)(F)F)cn4)C3)n(C)c2cc1C(C)C. The Balaban J connectivity index is 1.60. The Bertz CT molecular complexity index is 1270. The van der Waals surface area contributed by atoms with Crippen molar-refractivity contribution >= 4 is 34.5 Å². The molecular weight excluding hydrogens is 478 g/mol. The van der Waals surface area contributed by atoms with E-state index in [1.54, 1.807) is 11.0 Å². The molecule has 1 aliphatic rings. The van der Waals surface area contributed by atoms with Crippen LogP contribution < -0.4 is 15.5 Å². The molecule has 0 radical (unpaired) electrons. The smallest absolute Gasteiger partial charge is 0.350 e. The topological polar surface area (TPSA) is 88.0 Å². The summed E-state index contributed by atoms with van der Waals surface area (Å²) in [6.45, 7) is 7.98. The second-order valence-corrected chi connectivity index (χ2v) is 9.12. The summed E-state index contributed by atoms with van der Waals surface area (Å²) >= 11 is 0. The van der Waals surface area contributed by atoms with E-state index in [-0.39, 0.29) is 30.7 Å². The van der Waals surface area contributed by atoms with Gasteiger partial charge in [-0.1, -0.05) is 20.4 Å². The Morgan fingerprint density at radius 3 is 2.53 bits per heavy atom. The Hall–Kier alpha value is -3.70. The number of nitrogens with one attached hydrogen (secondary N) is 2. The summed E-state index contributed by atoms with van der Waals surface area (Å²) in [5, 5.41) is 5.76. The number of fused-ring (bicyclic) bond motifs is 1. The molecular formula is C24H27F4N7O. The number of alkyl halides is 4. The number of amides is 1. The molecule has 0 saturated carbocycles. The van der Waals surface area contributed by atoms with Gasteiger partial charge in [-0.3, -0.25) is 4.79 Å². The molecule has 3 heterocycles. The molecule has 1 aromatic carbocycles. The van der Waals surface area contributed by atoms with Gasteiger partial charge in [0.05, 0.1) is 23.1 Å². The average molecular weight is 506 g/mol. The van der Waals surface area contributed by atoms with Crippen LogP contribution >= 0.6 is 0 Å². The number of imidazole rings is 1. The van der Waals surface area contributed by atoms with Crippen LogP contribution in [0.5, 0.6) is 0 Å². The molecule has 1 saturated heterocycles. The van der Waals surface area contributed by atoms with Crippen LogP contribution in [-0.4, -0.2) is 50.7 Å². The van der Waals surface area contributed by atoms with E-state index in [1.165, 1.54) is 6.08 Å². The van der Waals surface area contributed by atoms with Gasteiger partial charge in [-0.2, -0.15) is 13.2 Å². The number of halogens is 4. The predicted molar refractivity (Wildman–Crippen MR) is 130 cm³/mol. The number of rotatable bonds is 6. The summed E-state index contributed by atoms with van der Waals surface area (Å²) in [5.74, 6) is 0.323. The van der Waals surface area contributed by atoms with Crippen LogP contribution in [0.25, 0.3) is 11.0 Å². The van der Waals surface area contributed by atoms with E-state index in [9.17, 15) is 22.4 Å². The zero-order valence-corrected chi connectivity index (χ0v) is 20.1. The van der Waals surface area contributed by atoms with Gasteiger partial charge in [-0.05, 0) is 29.7 Å². The maximum Gasteiger partial charge on any atom is 0.419 e. The minimum atomic E-state index is -4.53. The van der Waals surface area contributed by atoms with Crippen molar-refractivity contribution in [1.29, 1.82) is 0 Å². The molecule has 1 fully saturated rings. The van der Waals surface area contributed by atoms with Crippen LogP contribution in [-0.2, 0) is 18.0 Å². The minimum Gasteiger partial charge on any atom is -0.350 e. The highest BCUT2D eigenvalue weighted by Gasteiger charge is 2.33. The second-order valence-electron chi connectivity index (χ2n) is 9.12. The Morgan fingerprint density at radius 1 is 1.22 bits per heavy atom. The van der Waals surface area contributed by atoms with E-state index < -0.39 is 24.0 Å². The van der Waals surface area contributed by atoms with Gasteiger partial charge < -0.3 is 20.1 Å². The molecule has 192 valence electrons. The number of anilines is 3. The number of aromatic nitrogens is 4. The van der Waals surface area contributed by atoms with Crippen LogP contribution in [0.3, 0.4) is 0 Å². The molecule has 0 unspecified atom stereocenters. The summed E-state index contributed by atoms with van der Waals surface area (Å²) in [4.78, 5) is 25.9. The van der Waals surface area contributed by atoms with E-state index in [0.29, 0.717) is 36.1 Å². The van der Waals surface area contributed by atoms with Gasteiger partial charge in [0.1, 0.15) is 6.17 Å². The number of nitrogens with zero attached hydrogens (tertiary/aromatic N) is 5. The molecule has 3 aromatic rings. The summed E-state index contributed by atoms with van der Waals surface area (Å²) in [6.07, 6.45) is -2.99. The molecule has 2 aromatic heterocycles. The zero-order valence-electron chi connectivity index (χ0n) is 20.1. The number of hydrogen-bond acceptors (Lipinski definition) is 6. The van der Waals surface area contributed by atoms with Crippen molar-refractivity contribution in [3.05, 3.63) is 48.3 Å². The average Bonchev–Trinajstić information content (AvgIpc) is 3.13. The lowest BCUT2D eigenvalue weighted by Gasteiger charge is -2.35. The summed E-state index contributed by atoms with van der Waals surface area (Å²) < 4.78 is 54.9. The van der Waals surface area contributed by atoms with E-state index in [0.717, 1.165) is 11.1 Å². The summed E-state index contributed by atoms with van der Waals surface area (Å²) in [7, 11) is 1.83. The van der Waals surface area contributed by atoms with Crippen LogP contribution in [0.15, 0.2) is 37.2 Å². The highest BCUT2D eigenvalue weighted by Crippen LogP contribution is 2.33. The normalized spacial score (nSPS) is 18.5. The van der Waals surface area contributed by atoms with Crippen LogP contribution in [0, 0.1) is 0 Å². The van der Waals surface area contributed by atoms with Crippen molar-refractivity contribution in [2.24, 2.45) is 7.05 Å². The lowest BCUT2D eigenvalue weighted by atomic mass is 10.00. The van der Waals surface area contributed by atoms with Crippen molar-refractivity contribution in [1.82, 2.24) is 19.5 Å². The molecule has 0 aliphatic carbocycles. The fraction of sp³-hybridized carbons (Fsp3) is 0.417. The first-order valence-corrected chi connectivity index (χ1v) is 11.4. The maximum atomic E-state index is 14.7. The lowest BCUT2D eigenvalue weighted by Crippen LogP contribution is -2.48. The molecule has 36 heavy (non-hydrogen) atoms. The molecule has 1 amide bonds. The summed E-state index contributed by atoms with van der Waals surface area (Å²) in [6, 6.07) is 3.30. The van der Waals surface area contributed by atoms with Crippen LogP contribution in [0.2, 0.25) is 0 Å². The second kappa shape index (κ2) is 9.75. The number of benzene rings is 1. The van der Waals surface area contributed by atoms with E-state index in [1.807, 2.05) is 31.5 Å². The van der Waals surface area contributed by atoms with Gasteiger partial charge >= 0.3 is 6.18 Å². The van der Waals surface area contributed by atoms with E-state index in [4.69, 9.17) is 4.98 Å². The van der Waals surface area contributed by atoms with Crippen molar-refractivity contribution in [3.63, 3.8) is 0 Å². The lowest BCUT2D eigenvalue weighted by molar-refractivity contribution is -0.138. The van der Waals surface area contributed by atoms with Gasteiger partial charge in [-0.25, -0.2) is 19.3 Å². The van der Waals surface area contributed by atoms with E-state index in [2.05, 4.69) is 27.2 Å². The van der Waals surface area contributed by atoms with Crippen molar-refractivity contribution in [2.75, 3.05) is 28.6 Å². The van der Waals surface area contributed by atoms with Gasteiger partial charge in [0.15, 0.2) is 0 Å². The number of aryl methyl sites for hydroxylation is 1. The highest BCUT2D eigenvalue weighted by molar-refractivity contribution is 6.01. The fourth-order valence-electron chi connectivity index (χ4n) is 4.33. The molecule has 1 aliphatic heterocycles. The van der Waals surface area contributed by atoms with Crippen molar-refractivity contribution in [2.45, 2.75) is 44.6 Å². The van der Waals surface area contributed by atoms with E-state index >= 15 is 0 Å². The first-order valence-electron chi connectivity index (χ1n) is 11.4. The molecule has 0 spiro atoms. The third-order valence-corrected chi connectivity index (χ3v) is 6.09. The third kappa shape index (κ3) is 5.26. The summed E-state index contributed by atoms with van der Waals surface area (Å²) in [5.41, 5.74) is 2.06. The quantitative estimate of drug-likeness (QED) is 0.374. The number of carbonyl (C=O) groups excluding carboxylic acids is 1. The van der Waals surface area contributed by atoms with Crippen molar-refractivity contribution in [3.8, 4) is 0 Å².